The first-order chi connectivity index (χ1) is 15.4. The van der Waals surface area contributed by atoms with Crippen molar-refractivity contribution in [2.24, 2.45) is 0 Å². The first-order valence-electron chi connectivity index (χ1n) is 10.3. The van der Waals surface area contributed by atoms with Crippen molar-refractivity contribution in [2.75, 3.05) is 38.5 Å². The summed E-state index contributed by atoms with van der Waals surface area (Å²) in [7, 11) is 0. The molecule has 2 heterocycles. The van der Waals surface area contributed by atoms with E-state index in [2.05, 4.69) is 20.5 Å². The lowest BCUT2D eigenvalue weighted by Gasteiger charge is -2.33. The smallest absolute Gasteiger partial charge is 0.230 e. The Hall–Kier alpha value is -1.36. The van der Waals surface area contributed by atoms with Gasteiger partial charge in [-0.15, -0.1) is 11.3 Å². The average Bonchev–Trinajstić information content (AvgIpc) is 3.21. The van der Waals surface area contributed by atoms with Gasteiger partial charge in [0.25, 0.3) is 0 Å². The van der Waals surface area contributed by atoms with Crippen LogP contribution in [0.5, 0.6) is 0 Å². The SMILES string of the molecule is CCNC(=O)Cc1csc(SCC(=O)NCC2CN(Cc3ccc(Cl)c(Cl)c3)CCO2)n1. The predicted molar refractivity (Wildman–Crippen MR) is 130 cm³/mol. The lowest BCUT2D eigenvalue weighted by Crippen LogP contribution is -2.47. The Morgan fingerprint density at radius 2 is 2.12 bits per heavy atom. The topological polar surface area (TPSA) is 83.6 Å². The Bertz CT molecular complexity index is 928. The maximum absolute atomic E-state index is 12.3. The maximum atomic E-state index is 12.3. The molecular weight excluding hydrogens is 491 g/mol. The van der Waals surface area contributed by atoms with Gasteiger partial charge in [-0.3, -0.25) is 14.5 Å². The molecule has 32 heavy (non-hydrogen) atoms. The minimum absolute atomic E-state index is 0.0484. The van der Waals surface area contributed by atoms with E-state index in [9.17, 15) is 9.59 Å². The zero-order valence-corrected chi connectivity index (χ0v) is 20.9. The molecule has 1 aromatic heterocycles. The summed E-state index contributed by atoms with van der Waals surface area (Å²) in [6, 6.07) is 5.66. The van der Waals surface area contributed by atoms with E-state index in [0.717, 1.165) is 35.2 Å². The number of benzene rings is 1. The molecule has 1 saturated heterocycles. The standard InChI is InChI=1S/C21H26Cl2N4O3S2/c1-2-24-19(28)8-15-12-31-21(26-15)32-13-20(29)25-9-16-11-27(5-6-30-16)10-14-3-4-17(22)18(23)7-14/h3-4,7,12,16H,2,5-6,8-11,13H2,1H3,(H,24,28)(H,25,29). The van der Waals surface area contributed by atoms with Crippen molar-refractivity contribution in [1.29, 1.82) is 0 Å². The molecule has 0 spiro atoms. The molecule has 11 heteroatoms. The Kier molecular flexibility index (Phi) is 10.1. The van der Waals surface area contributed by atoms with Gasteiger partial charge in [0.05, 0.1) is 40.6 Å². The molecule has 1 unspecified atom stereocenters. The minimum Gasteiger partial charge on any atom is -0.374 e. The Morgan fingerprint density at radius 3 is 2.91 bits per heavy atom. The summed E-state index contributed by atoms with van der Waals surface area (Å²) in [5, 5.41) is 8.65. The number of aromatic nitrogens is 1. The molecule has 2 amide bonds. The summed E-state index contributed by atoms with van der Waals surface area (Å²) < 4.78 is 6.58. The zero-order chi connectivity index (χ0) is 22.9. The second-order valence-electron chi connectivity index (χ2n) is 7.30. The van der Waals surface area contributed by atoms with Crippen LogP contribution in [0.2, 0.25) is 10.0 Å². The van der Waals surface area contributed by atoms with Crippen molar-refractivity contribution >= 4 is 58.1 Å². The van der Waals surface area contributed by atoms with Gasteiger partial charge in [-0.2, -0.15) is 0 Å². The number of halogens is 2. The van der Waals surface area contributed by atoms with Crippen molar-refractivity contribution in [3.8, 4) is 0 Å². The molecule has 3 rings (SSSR count). The van der Waals surface area contributed by atoms with Crippen molar-refractivity contribution < 1.29 is 14.3 Å². The second-order valence-corrected chi connectivity index (χ2v) is 10.2. The average molecular weight is 518 g/mol. The largest absolute Gasteiger partial charge is 0.374 e. The third kappa shape index (κ3) is 8.20. The van der Waals surface area contributed by atoms with E-state index >= 15 is 0 Å². The normalized spacial score (nSPS) is 16.7. The number of hydrogen-bond acceptors (Lipinski definition) is 7. The summed E-state index contributed by atoms with van der Waals surface area (Å²) in [6.45, 7) is 5.85. The van der Waals surface area contributed by atoms with Gasteiger partial charge >= 0.3 is 0 Å². The number of carbonyl (C=O) groups is 2. The van der Waals surface area contributed by atoms with Crippen molar-refractivity contribution in [1.82, 2.24) is 20.5 Å². The maximum Gasteiger partial charge on any atom is 0.230 e. The van der Waals surface area contributed by atoms with E-state index in [1.165, 1.54) is 23.1 Å². The minimum atomic E-state index is -0.0688. The third-order valence-corrected chi connectivity index (χ3v) is 7.52. The summed E-state index contributed by atoms with van der Waals surface area (Å²) in [4.78, 5) is 30.6. The molecule has 2 N–H and O–H groups in total. The molecule has 0 radical (unpaired) electrons. The molecule has 0 saturated carbocycles. The lowest BCUT2D eigenvalue weighted by atomic mass is 10.2. The van der Waals surface area contributed by atoms with Crippen LogP contribution >= 0.6 is 46.3 Å². The zero-order valence-electron chi connectivity index (χ0n) is 17.7. The van der Waals surface area contributed by atoms with Crippen molar-refractivity contribution in [3.05, 3.63) is 44.9 Å². The number of carbonyl (C=O) groups excluding carboxylic acids is 2. The van der Waals surface area contributed by atoms with E-state index in [-0.39, 0.29) is 30.1 Å². The number of hydrogen-bond donors (Lipinski definition) is 2. The first kappa shape index (κ1) is 25.3. The molecule has 1 atom stereocenters. The summed E-state index contributed by atoms with van der Waals surface area (Å²) in [5.41, 5.74) is 1.82. The van der Waals surface area contributed by atoms with Gasteiger partial charge in [-0.1, -0.05) is 41.0 Å². The third-order valence-electron chi connectivity index (χ3n) is 4.71. The molecular formula is C21H26Cl2N4O3S2. The van der Waals surface area contributed by atoms with Gasteiger partial charge < -0.3 is 15.4 Å². The van der Waals surface area contributed by atoms with E-state index < -0.39 is 0 Å². The van der Waals surface area contributed by atoms with Crippen LogP contribution in [0.25, 0.3) is 0 Å². The first-order valence-corrected chi connectivity index (χ1v) is 12.9. The van der Waals surface area contributed by atoms with Crippen LogP contribution in [0.1, 0.15) is 18.2 Å². The number of thiazole rings is 1. The van der Waals surface area contributed by atoms with Crippen LogP contribution < -0.4 is 10.6 Å². The van der Waals surface area contributed by atoms with Crippen molar-refractivity contribution in [2.45, 2.75) is 30.3 Å². The highest BCUT2D eigenvalue weighted by atomic mass is 35.5. The van der Waals surface area contributed by atoms with Crippen LogP contribution in [0.15, 0.2) is 27.9 Å². The fraction of sp³-hybridized carbons (Fsp3) is 0.476. The van der Waals surface area contributed by atoms with E-state index in [0.29, 0.717) is 29.7 Å². The molecule has 1 aromatic carbocycles. The number of amides is 2. The number of likely N-dealkylation sites (N-methyl/N-ethyl adjacent to an activating group) is 1. The quantitative estimate of drug-likeness (QED) is 0.471. The summed E-state index contributed by atoms with van der Waals surface area (Å²) in [5.74, 6) is 0.154. The Balaban J connectivity index is 1.37. The van der Waals surface area contributed by atoms with E-state index in [1.807, 2.05) is 24.4 Å². The highest BCUT2D eigenvalue weighted by Gasteiger charge is 2.21. The predicted octanol–water partition coefficient (Wildman–Crippen LogP) is 3.24. The van der Waals surface area contributed by atoms with Crippen molar-refractivity contribution in [3.63, 3.8) is 0 Å². The molecule has 174 valence electrons. The number of morpholine rings is 1. The van der Waals surface area contributed by atoms with Gasteiger partial charge in [0.15, 0.2) is 4.34 Å². The molecule has 1 aliphatic rings. The Morgan fingerprint density at radius 1 is 1.28 bits per heavy atom. The highest BCUT2D eigenvalue weighted by molar-refractivity contribution is 8.01. The molecule has 7 nitrogen and oxygen atoms in total. The van der Waals surface area contributed by atoms with Gasteiger partial charge in [-0.25, -0.2) is 4.98 Å². The fourth-order valence-corrected chi connectivity index (χ4v) is 5.21. The van der Waals surface area contributed by atoms with E-state index in [1.54, 1.807) is 6.07 Å². The number of thioether (sulfide) groups is 1. The van der Waals surface area contributed by atoms with Crippen LogP contribution in [-0.4, -0.2) is 66.3 Å². The van der Waals surface area contributed by atoms with Crippen LogP contribution in [0.4, 0.5) is 0 Å². The van der Waals surface area contributed by atoms with Gasteiger partial charge in [-0.05, 0) is 24.6 Å². The summed E-state index contributed by atoms with van der Waals surface area (Å²) in [6.07, 6.45) is 0.193. The summed E-state index contributed by atoms with van der Waals surface area (Å²) >= 11 is 14.9. The van der Waals surface area contributed by atoms with Gasteiger partial charge in [0, 0.05) is 38.1 Å². The monoisotopic (exact) mass is 516 g/mol. The van der Waals surface area contributed by atoms with Gasteiger partial charge in [0.1, 0.15) is 0 Å². The highest BCUT2D eigenvalue weighted by Crippen LogP contribution is 2.24. The molecule has 1 fully saturated rings. The molecule has 0 bridgehead atoms. The molecule has 1 aliphatic heterocycles. The number of rotatable bonds is 10. The lowest BCUT2D eigenvalue weighted by molar-refractivity contribution is -0.121. The Labute approximate surface area is 206 Å². The van der Waals surface area contributed by atoms with E-state index in [4.69, 9.17) is 27.9 Å². The number of ether oxygens (including phenoxy) is 1. The number of nitrogens with one attached hydrogen (secondary N) is 2. The fourth-order valence-electron chi connectivity index (χ4n) is 3.21. The molecule has 0 aliphatic carbocycles. The molecule has 2 aromatic rings. The van der Waals surface area contributed by atoms with Crippen LogP contribution in [0, 0.1) is 0 Å². The van der Waals surface area contributed by atoms with Crippen LogP contribution in [-0.2, 0) is 27.3 Å². The van der Waals surface area contributed by atoms with Gasteiger partial charge in [0.2, 0.25) is 11.8 Å². The number of nitrogens with zero attached hydrogens (tertiary/aromatic N) is 2. The second kappa shape index (κ2) is 12.8. The van der Waals surface area contributed by atoms with Crippen LogP contribution in [0.3, 0.4) is 0 Å².